The Hall–Kier alpha value is -3.46. The zero-order valence-corrected chi connectivity index (χ0v) is 19.6. The van der Waals surface area contributed by atoms with Crippen LogP contribution in [0.25, 0.3) is 0 Å². The molecule has 178 valence electrons. The van der Waals surface area contributed by atoms with Gasteiger partial charge in [-0.1, -0.05) is 23.4 Å². The monoisotopic (exact) mass is 508 g/mol. The summed E-state index contributed by atoms with van der Waals surface area (Å²) in [5.41, 5.74) is -0.780. The lowest BCUT2D eigenvalue weighted by Gasteiger charge is -2.15. The highest BCUT2D eigenvalue weighted by Crippen LogP contribution is 2.33. The summed E-state index contributed by atoms with van der Waals surface area (Å²) >= 11 is 5.96. The molecule has 0 saturated carbocycles. The molecule has 0 aliphatic carbocycles. The summed E-state index contributed by atoms with van der Waals surface area (Å²) in [7, 11) is -3.24. The molecule has 0 atom stereocenters. The third-order valence-corrected chi connectivity index (χ3v) is 6.00. The van der Waals surface area contributed by atoms with Crippen molar-refractivity contribution >= 4 is 33.3 Å². The molecule has 0 saturated heterocycles. The second-order valence-electron chi connectivity index (χ2n) is 6.72. The van der Waals surface area contributed by atoms with Crippen LogP contribution in [0.1, 0.15) is 23.6 Å². The second kappa shape index (κ2) is 10.6. The standard InChI is InChI=1S/C22H19ClF2N4O4S/c1-3-26-22-27-10-13(11-28-22)4-5-16-17(24)6-7-18(20(16)25)29-34(31,32)19-9-15(23)8-14(12-30)21(19)33-2/h6-11,29-30H,3,12H2,1-2H3,(H,26,27,28). The van der Waals surface area contributed by atoms with Gasteiger partial charge in [-0.2, -0.15) is 0 Å². The lowest BCUT2D eigenvalue weighted by Crippen LogP contribution is -2.16. The fourth-order valence-electron chi connectivity index (χ4n) is 2.89. The minimum atomic E-state index is -4.45. The van der Waals surface area contributed by atoms with E-state index in [4.69, 9.17) is 16.3 Å². The Bertz CT molecular complexity index is 1370. The van der Waals surface area contributed by atoms with Crippen molar-refractivity contribution in [3.8, 4) is 17.6 Å². The summed E-state index contributed by atoms with van der Waals surface area (Å²) in [6.07, 6.45) is 2.76. The Labute approximate surface area is 200 Å². The Morgan fingerprint density at radius 2 is 1.88 bits per heavy atom. The fraction of sp³-hybridized carbons (Fsp3) is 0.182. The van der Waals surface area contributed by atoms with Gasteiger partial charge in [0.1, 0.15) is 16.5 Å². The van der Waals surface area contributed by atoms with E-state index in [0.717, 1.165) is 18.2 Å². The van der Waals surface area contributed by atoms with Gasteiger partial charge in [-0.15, -0.1) is 0 Å². The van der Waals surface area contributed by atoms with Gasteiger partial charge in [-0.25, -0.2) is 27.2 Å². The normalized spacial score (nSPS) is 10.9. The van der Waals surface area contributed by atoms with Crippen LogP contribution in [-0.4, -0.2) is 37.1 Å². The van der Waals surface area contributed by atoms with Crippen LogP contribution < -0.4 is 14.8 Å². The molecule has 2 aromatic carbocycles. The van der Waals surface area contributed by atoms with Gasteiger partial charge in [0.25, 0.3) is 10.0 Å². The Balaban J connectivity index is 1.98. The first-order chi connectivity index (χ1) is 16.2. The average Bonchev–Trinajstić information content (AvgIpc) is 2.81. The van der Waals surface area contributed by atoms with Crippen LogP contribution in [-0.2, 0) is 16.6 Å². The summed E-state index contributed by atoms with van der Waals surface area (Å²) in [6.45, 7) is 1.94. The number of methoxy groups -OCH3 is 1. The number of aromatic nitrogens is 2. The molecule has 0 amide bonds. The van der Waals surface area contributed by atoms with Crippen molar-refractivity contribution < 1.29 is 27.0 Å². The summed E-state index contributed by atoms with van der Waals surface area (Å²) < 4.78 is 62.4. The highest BCUT2D eigenvalue weighted by Gasteiger charge is 2.25. The van der Waals surface area contributed by atoms with E-state index in [1.165, 1.54) is 25.6 Å². The lowest BCUT2D eigenvalue weighted by atomic mass is 10.1. The first-order valence-corrected chi connectivity index (χ1v) is 11.6. The largest absolute Gasteiger partial charge is 0.495 e. The number of sulfonamides is 1. The van der Waals surface area contributed by atoms with E-state index in [-0.39, 0.29) is 16.3 Å². The van der Waals surface area contributed by atoms with Gasteiger partial charge < -0.3 is 15.2 Å². The summed E-state index contributed by atoms with van der Waals surface area (Å²) in [4.78, 5) is 7.61. The van der Waals surface area contributed by atoms with Crippen LogP contribution in [0.2, 0.25) is 5.02 Å². The van der Waals surface area contributed by atoms with E-state index >= 15 is 4.39 Å². The topological polar surface area (TPSA) is 113 Å². The molecule has 0 fully saturated rings. The van der Waals surface area contributed by atoms with Crippen molar-refractivity contribution in [3.63, 3.8) is 0 Å². The first-order valence-electron chi connectivity index (χ1n) is 9.76. The molecule has 12 heteroatoms. The quantitative estimate of drug-likeness (QED) is 0.418. The van der Waals surface area contributed by atoms with E-state index in [1.54, 1.807) is 0 Å². The number of aliphatic hydroxyl groups excluding tert-OH is 1. The molecule has 0 radical (unpaired) electrons. The summed E-state index contributed by atoms with van der Waals surface area (Å²) in [5, 5.41) is 12.4. The predicted octanol–water partition coefficient (Wildman–Crippen LogP) is 3.54. The highest BCUT2D eigenvalue weighted by molar-refractivity contribution is 7.92. The number of halogens is 3. The van der Waals surface area contributed by atoms with Crippen molar-refractivity contribution in [1.29, 1.82) is 0 Å². The second-order valence-corrected chi connectivity index (χ2v) is 8.81. The SMILES string of the molecule is CCNc1ncc(C#Cc2c(F)ccc(NS(=O)(=O)c3cc(Cl)cc(CO)c3OC)c2F)cn1. The van der Waals surface area contributed by atoms with Gasteiger partial charge in [-0.3, -0.25) is 4.72 Å². The number of nitrogens with one attached hydrogen (secondary N) is 2. The van der Waals surface area contributed by atoms with Gasteiger partial charge >= 0.3 is 0 Å². The summed E-state index contributed by atoms with van der Waals surface area (Å²) in [5.74, 6) is 2.91. The van der Waals surface area contributed by atoms with Crippen molar-refractivity contribution in [1.82, 2.24) is 9.97 Å². The zero-order chi connectivity index (χ0) is 24.9. The van der Waals surface area contributed by atoms with Gasteiger partial charge in [0.05, 0.1) is 30.5 Å². The number of nitrogens with zero attached hydrogens (tertiary/aromatic N) is 2. The van der Waals surface area contributed by atoms with E-state index < -0.39 is 44.4 Å². The molecular weight excluding hydrogens is 490 g/mol. The third-order valence-electron chi connectivity index (χ3n) is 4.41. The van der Waals surface area contributed by atoms with E-state index in [0.29, 0.717) is 18.1 Å². The number of hydrogen-bond donors (Lipinski definition) is 3. The molecule has 0 aliphatic rings. The van der Waals surface area contributed by atoms with Gasteiger partial charge in [0, 0.05) is 29.5 Å². The van der Waals surface area contributed by atoms with Crippen LogP contribution in [0.5, 0.6) is 5.75 Å². The molecule has 3 aromatic rings. The van der Waals surface area contributed by atoms with Crippen LogP contribution in [0, 0.1) is 23.5 Å². The minimum absolute atomic E-state index is 0.0127. The molecular formula is C22H19ClF2N4O4S. The zero-order valence-electron chi connectivity index (χ0n) is 18.0. The number of ether oxygens (including phenoxy) is 1. The molecule has 0 unspecified atom stereocenters. The Morgan fingerprint density at radius 3 is 2.50 bits per heavy atom. The lowest BCUT2D eigenvalue weighted by molar-refractivity contribution is 0.272. The molecule has 3 rings (SSSR count). The van der Waals surface area contributed by atoms with Gasteiger partial charge in [0.2, 0.25) is 5.95 Å². The number of hydrogen-bond acceptors (Lipinski definition) is 7. The average molecular weight is 509 g/mol. The molecule has 0 aliphatic heterocycles. The predicted molar refractivity (Wildman–Crippen MR) is 123 cm³/mol. The maximum atomic E-state index is 15.0. The van der Waals surface area contributed by atoms with Gasteiger partial charge in [-0.05, 0) is 31.2 Å². The number of benzene rings is 2. The molecule has 0 spiro atoms. The smallest absolute Gasteiger partial charge is 0.265 e. The maximum Gasteiger partial charge on any atom is 0.265 e. The van der Waals surface area contributed by atoms with Crippen molar-refractivity contribution in [2.75, 3.05) is 23.7 Å². The van der Waals surface area contributed by atoms with Crippen molar-refractivity contribution in [3.05, 3.63) is 70.0 Å². The summed E-state index contributed by atoms with van der Waals surface area (Å²) in [6, 6.07) is 4.22. The Morgan fingerprint density at radius 1 is 1.18 bits per heavy atom. The maximum absolute atomic E-state index is 15.0. The molecule has 34 heavy (non-hydrogen) atoms. The number of rotatable bonds is 7. The molecule has 1 heterocycles. The fourth-order valence-corrected chi connectivity index (χ4v) is 4.50. The Kier molecular flexibility index (Phi) is 7.88. The minimum Gasteiger partial charge on any atom is -0.495 e. The van der Waals surface area contributed by atoms with Crippen LogP contribution in [0.4, 0.5) is 20.4 Å². The van der Waals surface area contributed by atoms with Crippen molar-refractivity contribution in [2.24, 2.45) is 0 Å². The van der Waals surface area contributed by atoms with Crippen LogP contribution in [0.15, 0.2) is 41.6 Å². The van der Waals surface area contributed by atoms with E-state index in [9.17, 15) is 17.9 Å². The van der Waals surface area contributed by atoms with Crippen LogP contribution in [0.3, 0.4) is 0 Å². The number of anilines is 2. The molecule has 8 nitrogen and oxygen atoms in total. The van der Waals surface area contributed by atoms with Crippen LogP contribution >= 0.6 is 11.6 Å². The number of aliphatic hydroxyl groups is 1. The highest BCUT2D eigenvalue weighted by atomic mass is 35.5. The third kappa shape index (κ3) is 5.53. The molecule has 0 bridgehead atoms. The molecule has 3 N–H and O–H groups in total. The van der Waals surface area contributed by atoms with E-state index in [1.807, 2.05) is 6.92 Å². The molecule has 1 aromatic heterocycles. The van der Waals surface area contributed by atoms with Gasteiger partial charge in [0.15, 0.2) is 5.82 Å². The van der Waals surface area contributed by atoms with Crippen molar-refractivity contribution in [2.45, 2.75) is 18.4 Å². The first kappa shape index (κ1) is 25.2. The van der Waals surface area contributed by atoms with E-state index in [2.05, 4.69) is 31.8 Å².